The Morgan fingerprint density at radius 2 is 2.20 bits per heavy atom. The highest BCUT2D eigenvalue weighted by Crippen LogP contribution is 2.10. The zero-order valence-corrected chi connectivity index (χ0v) is 9.32. The van der Waals surface area contributed by atoms with Gasteiger partial charge in [0, 0.05) is 5.69 Å². The molecule has 78 valence electrons. The summed E-state index contributed by atoms with van der Waals surface area (Å²) in [7, 11) is 7.16. The number of nitrogens with zero attached hydrogens (tertiary/aromatic N) is 1. The van der Waals surface area contributed by atoms with Crippen LogP contribution in [0.5, 0.6) is 0 Å². The van der Waals surface area contributed by atoms with Gasteiger partial charge in [-0.3, -0.25) is 4.79 Å². The molecule has 0 spiro atoms. The molecule has 4 heteroatoms. The molecular weight excluding hydrogens is 187 g/mol. The van der Waals surface area contributed by atoms with Gasteiger partial charge in [0.2, 0.25) is 5.91 Å². The van der Waals surface area contributed by atoms with Gasteiger partial charge in [-0.1, -0.05) is 12.1 Å². The van der Waals surface area contributed by atoms with Gasteiger partial charge in [0.05, 0.1) is 6.04 Å². The summed E-state index contributed by atoms with van der Waals surface area (Å²) in [6, 6.07) is 7.32. The number of carbonyl (C=O) groups excluding carboxylic acids is 1. The molecule has 1 aromatic carbocycles. The maximum absolute atomic E-state index is 11.6. The first-order valence-electron chi connectivity index (χ1n) is 4.86. The molecule has 1 N–H and O–H groups in total. The third-order valence-electron chi connectivity index (χ3n) is 2.28. The van der Waals surface area contributed by atoms with E-state index in [2.05, 4.69) is 5.32 Å². The topological polar surface area (TPSA) is 32.3 Å². The Hall–Kier alpha value is -1.29. The minimum Gasteiger partial charge on any atom is -0.346 e. The minimum absolute atomic E-state index is 0.106. The Kier molecular flexibility index (Phi) is 3.92. The predicted octanol–water partition coefficient (Wildman–Crippen LogP) is 1.34. The van der Waals surface area contributed by atoms with Gasteiger partial charge < -0.3 is 10.1 Å². The summed E-state index contributed by atoms with van der Waals surface area (Å²) in [5, 5.41) is 2.80. The summed E-state index contributed by atoms with van der Waals surface area (Å²) in [4.78, 5) is 13.0. The van der Waals surface area contributed by atoms with Crippen LogP contribution in [0.3, 0.4) is 0 Å². The van der Waals surface area contributed by atoms with Crippen LogP contribution in [0.4, 0.5) is 5.69 Å². The second kappa shape index (κ2) is 4.98. The van der Waals surface area contributed by atoms with E-state index >= 15 is 0 Å². The molecule has 1 amide bonds. The zero-order valence-electron chi connectivity index (χ0n) is 9.32. The SMILES string of the molecule is [B]N(C)C(C)C(=O)Nc1cccc(C)c1. The fraction of sp³-hybridized carbons (Fsp3) is 0.364. The lowest BCUT2D eigenvalue weighted by Crippen LogP contribution is -2.37. The summed E-state index contributed by atoms with van der Waals surface area (Å²) >= 11 is 0. The molecule has 0 heterocycles. The Bertz CT molecular complexity index is 352. The first-order valence-corrected chi connectivity index (χ1v) is 4.86. The van der Waals surface area contributed by atoms with E-state index in [1.54, 1.807) is 14.0 Å². The number of rotatable bonds is 3. The van der Waals surface area contributed by atoms with Crippen molar-refractivity contribution < 1.29 is 4.79 Å². The Morgan fingerprint density at radius 3 is 2.73 bits per heavy atom. The quantitative estimate of drug-likeness (QED) is 0.750. The van der Waals surface area contributed by atoms with Crippen LogP contribution in [0.1, 0.15) is 12.5 Å². The van der Waals surface area contributed by atoms with Gasteiger partial charge in [-0.15, -0.1) is 0 Å². The molecular formula is C11H15BN2O. The first kappa shape index (κ1) is 11.8. The lowest BCUT2D eigenvalue weighted by Gasteiger charge is -2.19. The monoisotopic (exact) mass is 202 g/mol. The summed E-state index contributed by atoms with van der Waals surface area (Å²) < 4.78 is 0. The molecule has 0 aliphatic carbocycles. The van der Waals surface area contributed by atoms with E-state index in [-0.39, 0.29) is 11.9 Å². The van der Waals surface area contributed by atoms with E-state index in [1.165, 1.54) is 4.81 Å². The highest BCUT2D eigenvalue weighted by atomic mass is 16.2. The summed E-state index contributed by atoms with van der Waals surface area (Å²) in [5.41, 5.74) is 1.91. The second-order valence-electron chi connectivity index (χ2n) is 3.70. The van der Waals surface area contributed by atoms with Crippen molar-refractivity contribution in [3.05, 3.63) is 29.8 Å². The number of aryl methyl sites for hydroxylation is 1. The molecule has 15 heavy (non-hydrogen) atoms. The van der Waals surface area contributed by atoms with E-state index < -0.39 is 0 Å². The molecule has 1 aromatic rings. The van der Waals surface area contributed by atoms with Crippen LogP contribution in [0.2, 0.25) is 0 Å². The maximum atomic E-state index is 11.6. The molecule has 0 fully saturated rings. The maximum Gasteiger partial charge on any atom is 0.240 e. The second-order valence-corrected chi connectivity index (χ2v) is 3.70. The Balaban J connectivity index is 2.66. The number of carbonyl (C=O) groups is 1. The van der Waals surface area contributed by atoms with E-state index in [1.807, 2.05) is 31.2 Å². The lowest BCUT2D eigenvalue weighted by atomic mass is 10.2. The summed E-state index contributed by atoms with van der Waals surface area (Å²) in [6.45, 7) is 3.74. The fourth-order valence-electron chi connectivity index (χ4n) is 1.15. The minimum atomic E-state index is -0.342. The van der Waals surface area contributed by atoms with Gasteiger partial charge in [-0.05, 0) is 38.6 Å². The van der Waals surface area contributed by atoms with Gasteiger partial charge in [0.15, 0.2) is 7.98 Å². The number of amides is 1. The van der Waals surface area contributed by atoms with E-state index in [9.17, 15) is 4.79 Å². The average Bonchev–Trinajstić information content (AvgIpc) is 2.16. The molecule has 2 radical (unpaired) electrons. The van der Waals surface area contributed by atoms with Crippen LogP contribution in [0.25, 0.3) is 0 Å². The van der Waals surface area contributed by atoms with Crippen molar-refractivity contribution in [2.75, 3.05) is 12.4 Å². The Morgan fingerprint density at radius 1 is 1.53 bits per heavy atom. The molecule has 1 atom stereocenters. The predicted molar refractivity (Wildman–Crippen MR) is 62.8 cm³/mol. The van der Waals surface area contributed by atoms with Crippen molar-refractivity contribution in [1.29, 1.82) is 0 Å². The molecule has 0 bridgehead atoms. The highest BCUT2D eigenvalue weighted by Gasteiger charge is 2.14. The van der Waals surface area contributed by atoms with Crippen LogP contribution in [-0.2, 0) is 4.79 Å². The zero-order chi connectivity index (χ0) is 11.4. The standard InChI is InChI=1S/C11H15BN2O/c1-8-5-4-6-10(7-8)13-11(15)9(2)14(3)12/h4-7,9H,1-3H3,(H,13,15). The smallest absolute Gasteiger partial charge is 0.240 e. The average molecular weight is 202 g/mol. The van der Waals surface area contributed by atoms with Gasteiger partial charge in [-0.2, -0.15) is 0 Å². The number of anilines is 1. The van der Waals surface area contributed by atoms with Crippen molar-refractivity contribution in [1.82, 2.24) is 4.81 Å². The summed E-state index contributed by atoms with van der Waals surface area (Å²) in [5.74, 6) is -0.106. The van der Waals surface area contributed by atoms with Crippen molar-refractivity contribution >= 4 is 19.6 Å². The van der Waals surface area contributed by atoms with Crippen LogP contribution >= 0.6 is 0 Å². The lowest BCUT2D eigenvalue weighted by molar-refractivity contribution is -0.119. The van der Waals surface area contributed by atoms with Crippen molar-refractivity contribution in [2.24, 2.45) is 0 Å². The van der Waals surface area contributed by atoms with Gasteiger partial charge in [0.25, 0.3) is 0 Å². The van der Waals surface area contributed by atoms with Gasteiger partial charge in [0.1, 0.15) is 0 Å². The van der Waals surface area contributed by atoms with Crippen molar-refractivity contribution in [3.8, 4) is 0 Å². The van der Waals surface area contributed by atoms with Crippen LogP contribution in [0, 0.1) is 6.92 Å². The third-order valence-corrected chi connectivity index (χ3v) is 2.28. The van der Waals surface area contributed by atoms with E-state index in [4.69, 9.17) is 7.98 Å². The highest BCUT2D eigenvalue weighted by molar-refractivity contribution is 6.07. The molecule has 0 saturated heterocycles. The molecule has 0 aromatic heterocycles. The van der Waals surface area contributed by atoms with Crippen molar-refractivity contribution in [3.63, 3.8) is 0 Å². The largest absolute Gasteiger partial charge is 0.346 e. The van der Waals surface area contributed by atoms with Crippen molar-refractivity contribution in [2.45, 2.75) is 19.9 Å². The van der Waals surface area contributed by atoms with E-state index in [0.717, 1.165) is 11.3 Å². The normalized spacial score (nSPS) is 12.5. The van der Waals surface area contributed by atoms with E-state index in [0.29, 0.717) is 0 Å². The molecule has 0 aliphatic heterocycles. The van der Waals surface area contributed by atoms with Crippen LogP contribution < -0.4 is 5.32 Å². The molecule has 1 unspecified atom stereocenters. The molecule has 0 aliphatic rings. The Labute approximate surface area is 91.9 Å². The number of likely N-dealkylation sites (N-methyl/N-ethyl adjacent to an activating group) is 1. The number of hydrogen-bond acceptors (Lipinski definition) is 2. The molecule has 1 rings (SSSR count). The summed E-state index contributed by atoms with van der Waals surface area (Å²) in [6.07, 6.45) is 0. The number of nitrogens with one attached hydrogen (secondary N) is 1. The van der Waals surface area contributed by atoms with Crippen LogP contribution in [0.15, 0.2) is 24.3 Å². The third kappa shape index (κ3) is 3.40. The number of benzene rings is 1. The van der Waals surface area contributed by atoms with Crippen LogP contribution in [-0.4, -0.2) is 31.8 Å². The fourth-order valence-corrected chi connectivity index (χ4v) is 1.15. The van der Waals surface area contributed by atoms with Gasteiger partial charge >= 0.3 is 0 Å². The molecule has 0 saturated carbocycles. The number of hydrogen-bond donors (Lipinski definition) is 1. The first-order chi connectivity index (χ1) is 7.00. The molecule has 3 nitrogen and oxygen atoms in total. The van der Waals surface area contributed by atoms with Gasteiger partial charge in [-0.25, -0.2) is 0 Å².